The van der Waals surface area contributed by atoms with Crippen molar-refractivity contribution in [1.82, 2.24) is 14.4 Å². The first kappa shape index (κ1) is 14.5. The fourth-order valence-corrected chi connectivity index (χ4v) is 5.69. The Balaban J connectivity index is 1.66. The number of para-hydroxylation sites is 1. The number of thiophene rings is 1. The molecule has 3 nitrogen and oxygen atoms in total. The van der Waals surface area contributed by atoms with E-state index in [1.807, 2.05) is 29.9 Å². The first-order valence-electron chi connectivity index (χ1n) is 9.26. The van der Waals surface area contributed by atoms with Crippen molar-refractivity contribution in [3.63, 3.8) is 0 Å². The summed E-state index contributed by atoms with van der Waals surface area (Å²) in [4.78, 5) is 11.7. The monoisotopic (exact) mass is 375 g/mol. The van der Waals surface area contributed by atoms with E-state index < -0.39 is 0 Å². The summed E-state index contributed by atoms with van der Waals surface area (Å²) < 4.78 is 2.40. The van der Waals surface area contributed by atoms with Gasteiger partial charge in [-0.2, -0.15) is 0 Å². The molecule has 0 saturated carbocycles. The van der Waals surface area contributed by atoms with E-state index in [1.165, 1.54) is 53.1 Å². The summed E-state index contributed by atoms with van der Waals surface area (Å²) in [6.07, 6.45) is 5.89. The van der Waals surface area contributed by atoms with Gasteiger partial charge in [-0.15, -0.1) is 11.3 Å². The largest absolute Gasteiger partial charge is 0.299 e. The van der Waals surface area contributed by atoms with E-state index in [-0.39, 0.29) is 0 Å². The highest BCUT2D eigenvalue weighted by Gasteiger charge is 2.20. The molecule has 0 bridgehead atoms. The number of benzene rings is 2. The molecular formula is C24H13N3S. The molecule has 0 N–H and O–H groups in total. The van der Waals surface area contributed by atoms with Crippen LogP contribution in [0, 0.1) is 0 Å². The Labute approximate surface area is 163 Å². The van der Waals surface area contributed by atoms with E-state index in [9.17, 15) is 0 Å². The highest BCUT2D eigenvalue weighted by Crippen LogP contribution is 2.44. The molecule has 5 heterocycles. The SMILES string of the molecule is c1ccc2c(-c3cc4c5cncc6c7ccccc7n(c4s3)c65)nccc2c1. The summed E-state index contributed by atoms with van der Waals surface area (Å²) in [5.74, 6) is 0. The van der Waals surface area contributed by atoms with Gasteiger partial charge in [-0.1, -0.05) is 42.5 Å². The van der Waals surface area contributed by atoms with Gasteiger partial charge < -0.3 is 0 Å². The fourth-order valence-electron chi connectivity index (χ4n) is 4.49. The Bertz CT molecular complexity index is 1670. The second kappa shape index (κ2) is 5.06. The van der Waals surface area contributed by atoms with E-state index in [0.29, 0.717) is 0 Å². The molecule has 7 aromatic rings. The van der Waals surface area contributed by atoms with Crippen LogP contribution >= 0.6 is 11.3 Å². The number of nitrogens with zero attached hydrogens (tertiary/aromatic N) is 3. The van der Waals surface area contributed by atoms with Gasteiger partial charge in [0.1, 0.15) is 4.83 Å². The lowest BCUT2D eigenvalue weighted by Gasteiger charge is -2.02. The molecule has 28 heavy (non-hydrogen) atoms. The molecule has 5 aromatic heterocycles. The number of rotatable bonds is 1. The van der Waals surface area contributed by atoms with Crippen LogP contribution < -0.4 is 0 Å². The van der Waals surface area contributed by atoms with Crippen LogP contribution in [0.15, 0.2) is 79.3 Å². The van der Waals surface area contributed by atoms with E-state index in [1.54, 1.807) is 0 Å². The standard InChI is InChI=1S/C24H13N3S/c1-2-6-15-14(5-1)9-10-26-22(15)21-11-17-19-13-25-12-18-16-7-3-4-8-20(16)27(23(18)19)24(17)28-21/h1-13H. The van der Waals surface area contributed by atoms with Crippen molar-refractivity contribution in [3.8, 4) is 10.6 Å². The zero-order chi connectivity index (χ0) is 18.2. The summed E-state index contributed by atoms with van der Waals surface area (Å²) in [7, 11) is 0. The van der Waals surface area contributed by atoms with Crippen LogP contribution in [-0.4, -0.2) is 14.4 Å². The molecule has 7 rings (SSSR count). The smallest absolute Gasteiger partial charge is 0.109 e. The Kier molecular flexibility index (Phi) is 2.63. The maximum Gasteiger partial charge on any atom is 0.109 e. The van der Waals surface area contributed by atoms with E-state index in [2.05, 4.69) is 70.0 Å². The molecule has 0 aliphatic heterocycles. The number of hydrogen-bond acceptors (Lipinski definition) is 3. The maximum absolute atomic E-state index is 4.73. The topological polar surface area (TPSA) is 30.2 Å². The second-order valence-corrected chi connectivity index (χ2v) is 8.18. The van der Waals surface area contributed by atoms with E-state index >= 15 is 0 Å². The van der Waals surface area contributed by atoms with Gasteiger partial charge in [-0.05, 0) is 23.6 Å². The molecule has 0 spiro atoms. The van der Waals surface area contributed by atoms with Gasteiger partial charge in [0, 0.05) is 45.5 Å². The van der Waals surface area contributed by atoms with Crippen molar-refractivity contribution in [2.45, 2.75) is 0 Å². The summed E-state index contributed by atoms with van der Waals surface area (Å²) in [6, 6.07) is 21.4. The Morgan fingerprint density at radius 2 is 1.54 bits per heavy atom. The zero-order valence-corrected chi connectivity index (χ0v) is 15.6. The van der Waals surface area contributed by atoms with Gasteiger partial charge in [0.15, 0.2) is 0 Å². The normalized spacial score (nSPS) is 12.3. The molecule has 130 valence electrons. The van der Waals surface area contributed by atoms with Gasteiger partial charge in [-0.25, -0.2) is 0 Å². The van der Waals surface area contributed by atoms with Crippen LogP contribution in [0.3, 0.4) is 0 Å². The Morgan fingerprint density at radius 1 is 0.750 bits per heavy atom. The van der Waals surface area contributed by atoms with Crippen molar-refractivity contribution in [2.24, 2.45) is 0 Å². The lowest BCUT2D eigenvalue weighted by molar-refractivity contribution is 1.36. The minimum atomic E-state index is 1.05. The molecule has 0 aliphatic rings. The minimum Gasteiger partial charge on any atom is -0.299 e. The maximum atomic E-state index is 4.73. The van der Waals surface area contributed by atoms with Crippen LogP contribution in [-0.2, 0) is 0 Å². The zero-order valence-electron chi connectivity index (χ0n) is 14.8. The molecule has 0 aliphatic carbocycles. The summed E-state index contributed by atoms with van der Waals surface area (Å²) in [5.41, 5.74) is 3.57. The molecule has 0 saturated heterocycles. The van der Waals surface area contributed by atoms with Crippen molar-refractivity contribution in [3.05, 3.63) is 79.3 Å². The molecule has 4 heteroatoms. The molecule has 0 amide bonds. The van der Waals surface area contributed by atoms with Gasteiger partial charge in [0.2, 0.25) is 0 Å². The predicted octanol–water partition coefficient (Wildman–Crippen LogP) is 6.51. The average Bonchev–Trinajstić information content (AvgIpc) is 3.40. The molecule has 0 unspecified atom stereocenters. The molecule has 0 radical (unpaired) electrons. The van der Waals surface area contributed by atoms with Crippen molar-refractivity contribution < 1.29 is 0 Å². The minimum absolute atomic E-state index is 1.05. The van der Waals surface area contributed by atoms with Crippen LogP contribution in [0.5, 0.6) is 0 Å². The first-order chi connectivity index (χ1) is 13.9. The first-order valence-corrected chi connectivity index (χ1v) is 10.1. The summed E-state index contributed by atoms with van der Waals surface area (Å²) in [6.45, 7) is 0. The van der Waals surface area contributed by atoms with Crippen LogP contribution in [0.4, 0.5) is 0 Å². The molecule has 0 atom stereocenters. The highest BCUT2D eigenvalue weighted by atomic mass is 32.1. The van der Waals surface area contributed by atoms with Crippen molar-refractivity contribution in [2.75, 3.05) is 0 Å². The van der Waals surface area contributed by atoms with Crippen LogP contribution in [0.25, 0.3) is 58.8 Å². The van der Waals surface area contributed by atoms with Crippen molar-refractivity contribution in [1.29, 1.82) is 0 Å². The third kappa shape index (κ3) is 1.69. The molecule has 0 fully saturated rings. The van der Waals surface area contributed by atoms with Crippen LogP contribution in [0.2, 0.25) is 0 Å². The number of hydrogen-bond donors (Lipinski definition) is 0. The lowest BCUT2D eigenvalue weighted by atomic mass is 10.1. The Morgan fingerprint density at radius 3 is 2.46 bits per heavy atom. The van der Waals surface area contributed by atoms with Gasteiger partial charge in [-0.3, -0.25) is 14.4 Å². The van der Waals surface area contributed by atoms with Gasteiger partial charge in [0.25, 0.3) is 0 Å². The molecule has 2 aromatic carbocycles. The van der Waals surface area contributed by atoms with Gasteiger partial charge >= 0.3 is 0 Å². The summed E-state index contributed by atoms with van der Waals surface area (Å²) in [5, 5.41) is 7.37. The third-order valence-corrected chi connectivity index (χ3v) is 6.82. The molecular weight excluding hydrogens is 362 g/mol. The summed E-state index contributed by atoms with van der Waals surface area (Å²) >= 11 is 1.81. The fraction of sp³-hybridized carbons (Fsp3) is 0. The van der Waals surface area contributed by atoms with E-state index in [4.69, 9.17) is 4.98 Å². The second-order valence-electron chi connectivity index (χ2n) is 7.15. The lowest BCUT2D eigenvalue weighted by Crippen LogP contribution is -1.82. The van der Waals surface area contributed by atoms with Crippen LogP contribution in [0.1, 0.15) is 0 Å². The predicted molar refractivity (Wildman–Crippen MR) is 118 cm³/mol. The van der Waals surface area contributed by atoms with E-state index in [0.717, 1.165) is 5.69 Å². The van der Waals surface area contributed by atoms with Crippen molar-refractivity contribution >= 4 is 59.5 Å². The number of fused-ring (bicyclic) bond motifs is 7. The average molecular weight is 375 g/mol. The number of aromatic nitrogens is 3. The third-order valence-electron chi connectivity index (χ3n) is 5.69. The number of pyridine rings is 2. The highest BCUT2D eigenvalue weighted by molar-refractivity contribution is 7.22. The Hall–Kier alpha value is -3.50. The quantitative estimate of drug-likeness (QED) is 0.327. The van der Waals surface area contributed by atoms with Gasteiger partial charge in [0.05, 0.1) is 21.6 Å².